The summed E-state index contributed by atoms with van der Waals surface area (Å²) in [5.41, 5.74) is 4.65. The number of H-pyrrole nitrogens is 1. The number of hydrogen-bond acceptors (Lipinski definition) is 4. The van der Waals surface area contributed by atoms with Crippen molar-refractivity contribution in [1.82, 2.24) is 25.6 Å². The molecule has 2 aromatic rings. The van der Waals surface area contributed by atoms with Gasteiger partial charge in [0.2, 0.25) is 0 Å². The average Bonchev–Trinajstić information content (AvgIpc) is 3.26. The largest absolute Gasteiger partial charge is 0.350 e. The molecule has 1 aliphatic carbocycles. The molecule has 7 heteroatoms. The second-order valence-electron chi connectivity index (χ2n) is 9.23. The Morgan fingerprint density at radius 1 is 1.24 bits per heavy atom. The number of carbonyl (C=O) groups excluding carboxylic acids is 2. The first-order chi connectivity index (χ1) is 13.8. The van der Waals surface area contributed by atoms with E-state index in [0.29, 0.717) is 24.5 Å². The summed E-state index contributed by atoms with van der Waals surface area (Å²) in [6, 6.07) is 6.19. The molecule has 2 amide bonds. The lowest BCUT2D eigenvalue weighted by molar-refractivity contribution is 0.0670. The Morgan fingerprint density at radius 3 is 2.79 bits per heavy atom. The first kappa shape index (κ1) is 19.6. The third kappa shape index (κ3) is 4.18. The van der Waals surface area contributed by atoms with Crippen molar-refractivity contribution < 1.29 is 9.59 Å². The van der Waals surface area contributed by atoms with Crippen LogP contribution in [0.3, 0.4) is 0 Å². The summed E-state index contributed by atoms with van der Waals surface area (Å²) >= 11 is 0. The zero-order valence-corrected chi connectivity index (χ0v) is 17.4. The van der Waals surface area contributed by atoms with Crippen molar-refractivity contribution in [1.29, 1.82) is 0 Å². The van der Waals surface area contributed by atoms with Gasteiger partial charge in [-0.25, -0.2) is 0 Å². The highest BCUT2D eigenvalue weighted by atomic mass is 16.2. The van der Waals surface area contributed by atoms with Crippen molar-refractivity contribution in [3.8, 4) is 0 Å². The van der Waals surface area contributed by atoms with Crippen LogP contribution in [0, 0.1) is 18.3 Å². The molecule has 2 aliphatic rings. The second-order valence-corrected chi connectivity index (χ2v) is 9.23. The predicted octanol–water partition coefficient (Wildman–Crippen LogP) is 2.52. The molecule has 1 atom stereocenters. The molecule has 29 heavy (non-hydrogen) atoms. The van der Waals surface area contributed by atoms with E-state index in [-0.39, 0.29) is 23.1 Å². The first-order valence-electron chi connectivity index (χ1n) is 10.4. The van der Waals surface area contributed by atoms with Gasteiger partial charge in [0.25, 0.3) is 11.8 Å². The molecule has 154 valence electrons. The summed E-state index contributed by atoms with van der Waals surface area (Å²) < 4.78 is 0. The van der Waals surface area contributed by atoms with Crippen molar-refractivity contribution in [3.63, 3.8) is 0 Å². The number of nitrogens with one attached hydrogen (secondary N) is 2. The summed E-state index contributed by atoms with van der Waals surface area (Å²) in [7, 11) is 0. The molecule has 1 aromatic heterocycles. The van der Waals surface area contributed by atoms with Gasteiger partial charge in [-0.2, -0.15) is 15.4 Å². The summed E-state index contributed by atoms with van der Waals surface area (Å²) in [5, 5.41) is 13.2. The van der Waals surface area contributed by atoms with E-state index >= 15 is 0 Å². The second kappa shape index (κ2) is 7.61. The van der Waals surface area contributed by atoms with Crippen molar-refractivity contribution >= 4 is 11.8 Å². The van der Waals surface area contributed by atoms with E-state index in [0.717, 1.165) is 37.8 Å². The number of amides is 2. The number of benzene rings is 1. The van der Waals surface area contributed by atoms with Crippen LogP contribution < -0.4 is 5.32 Å². The van der Waals surface area contributed by atoms with E-state index in [9.17, 15) is 9.59 Å². The quantitative estimate of drug-likeness (QED) is 0.832. The molecular weight excluding hydrogens is 366 g/mol. The summed E-state index contributed by atoms with van der Waals surface area (Å²) in [6.07, 6.45) is 4.06. The maximum atomic E-state index is 13.1. The topological polar surface area (TPSA) is 91.0 Å². The smallest absolute Gasteiger partial charge is 0.273 e. The van der Waals surface area contributed by atoms with Crippen molar-refractivity contribution in [3.05, 3.63) is 46.3 Å². The van der Waals surface area contributed by atoms with Crippen LogP contribution in [0.15, 0.2) is 18.2 Å². The molecular formula is C22H29N5O2. The number of hydrogen-bond donors (Lipinski definition) is 2. The zero-order valence-electron chi connectivity index (χ0n) is 17.4. The molecule has 2 N–H and O–H groups in total. The summed E-state index contributed by atoms with van der Waals surface area (Å²) in [5.74, 6) is 0.124. The van der Waals surface area contributed by atoms with Gasteiger partial charge >= 0.3 is 0 Å². The lowest BCUT2D eigenvalue weighted by atomic mass is 9.90. The maximum Gasteiger partial charge on any atom is 0.273 e. The van der Waals surface area contributed by atoms with Gasteiger partial charge in [0.15, 0.2) is 5.69 Å². The van der Waals surface area contributed by atoms with Gasteiger partial charge in [0.1, 0.15) is 0 Å². The van der Waals surface area contributed by atoms with Crippen LogP contribution in [-0.2, 0) is 12.8 Å². The molecule has 1 fully saturated rings. The number of piperidine rings is 1. The van der Waals surface area contributed by atoms with Crippen LogP contribution >= 0.6 is 0 Å². The van der Waals surface area contributed by atoms with Crippen molar-refractivity contribution in [2.24, 2.45) is 11.3 Å². The molecule has 0 saturated carbocycles. The lowest BCUT2D eigenvalue weighted by Crippen LogP contribution is -2.43. The minimum Gasteiger partial charge on any atom is -0.350 e. The van der Waals surface area contributed by atoms with Gasteiger partial charge in [-0.15, -0.1) is 0 Å². The number of carbonyl (C=O) groups is 2. The molecule has 1 unspecified atom stereocenters. The number of rotatable bonds is 4. The van der Waals surface area contributed by atoms with Gasteiger partial charge in [-0.3, -0.25) is 9.59 Å². The molecule has 1 aromatic carbocycles. The Labute approximate surface area is 171 Å². The number of aromatic nitrogens is 3. The molecule has 7 nitrogen and oxygen atoms in total. The average molecular weight is 396 g/mol. The predicted molar refractivity (Wildman–Crippen MR) is 110 cm³/mol. The van der Waals surface area contributed by atoms with Crippen LogP contribution in [-0.4, -0.2) is 51.8 Å². The highest BCUT2D eigenvalue weighted by Crippen LogP contribution is 2.36. The van der Waals surface area contributed by atoms with E-state index in [2.05, 4.69) is 46.7 Å². The standard InChI is InChI=1S/C22H29N5O2/c1-14-19(25-26-24-14)20(28)23-12-15-5-4-8-27(13-15)21(29)16-6-7-17-10-22(2,3)11-18(17)9-16/h6-7,9,15H,4-5,8,10-13H2,1-3H3,(H,23,28)(H,24,25,26). The van der Waals surface area contributed by atoms with E-state index in [1.807, 2.05) is 11.0 Å². The Hall–Kier alpha value is -2.70. The molecule has 0 bridgehead atoms. The highest BCUT2D eigenvalue weighted by Gasteiger charge is 2.30. The molecule has 2 heterocycles. The van der Waals surface area contributed by atoms with Gasteiger partial charge in [0, 0.05) is 25.2 Å². The molecule has 1 aliphatic heterocycles. The fraction of sp³-hybridized carbons (Fsp3) is 0.545. The Bertz CT molecular complexity index is 933. The van der Waals surface area contributed by atoms with Crippen molar-refractivity contribution in [2.45, 2.75) is 46.5 Å². The summed E-state index contributed by atoms with van der Waals surface area (Å²) in [6.45, 7) is 8.27. The molecule has 4 rings (SSSR count). The van der Waals surface area contributed by atoms with E-state index in [1.165, 1.54) is 11.1 Å². The van der Waals surface area contributed by atoms with Crippen molar-refractivity contribution in [2.75, 3.05) is 19.6 Å². The van der Waals surface area contributed by atoms with E-state index in [1.54, 1.807) is 6.92 Å². The number of nitrogens with zero attached hydrogens (tertiary/aromatic N) is 3. The minimum atomic E-state index is -0.221. The highest BCUT2D eigenvalue weighted by molar-refractivity contribution is 5.95. The normalized spacial score (nSPS) is 20.4. The first-order valence-corrected chi connectivity index (χ1v) is 10.4. The number of fused-ring (bicyclic) bond motifs is 1. The van der Waals surface area contributed by atoms with Crippen LogP contribution in [0.25, 0.3) is 0 Å². The van der Waals surface area contributed by atoms with E-state index < -0.39 is 0 Å². The zero-order chi connectivity index (χ0) is 20.6. The maximum absolute atomic E-state index is 13.1. The number of likely N-dealkylation sites (tertiary alicyclic amines) is 1. The Morgan fingerprint density at radius 2 is 2.03 bits per heavy atom. The third-order valence-corrected chi connectivity index (χ3v) is 6.09. The van der Waals surface area contributed by atoms with Gasteiger partial charge in [0.05, 0.1) is 5.69 Å². The van der Waals surface area contributed by atoms with Gasteiger partial charge in [-0.05, 0) is 67.2 Å². The lowest BCUT2D eigenvalue weighted by Gasteiger charge is -2.33. The third-order valence-electron chi connectivity index (χ3n) is 6.09. The van der Waals surface area contributed by atoms with Gasteiger partial charge < -0.3 is 10.2 Å². The van der Waals surface area contributed by atoms with Crippen LogP contribution in [0.4, 0.5) is 0 Å². The Balaban J connectivity index is 1.37. The van der Waals surface area contributed by atoms with Gasteiger partial charge in [-0.1, -0.05) is 19.9 Å². The molecule has 1 saturated heterocycles. The monoisotopic (exact) mass is 395 g/mol. The van der Waals surface area contributed by atoms with Crippen LogP contribution in [0.1, 0.15) is 64.4 Å². The SMILES string of the molecule is Cc1n[nH]nc1C(=O)NCC1CCCN(C(=O)c2ccc3c(c2)CC(C)(C)C3)C1. The fourth-order valence-electron chi connectivity index (χ4n) is 4.61. The van der Waals surface area contributed by atoms with E-state index in [4.69, 9.17) is 0 Å². The van der Waals surface area contributed by atoms with Crippen LogP contribution in [0.2, 0.25) is 0 Å². The summed E-state index contributed by atoms with van der Waals surface area (Å²) in [4.78, 5) is 27.3. The number of aromatic amines is 1. The molecule has 0 spiro atoms. The minimum absolute atomic E-state index is 0.0980. The molecule has 0 radical (unpaired) electrons. The fourth-order valence-corrected chi connectivity index (χ4v) is 4.61. The Kier molecular flexibility index (Phi) is 5.15. The number of aryl methyl sites for hydroxylation is 1. The van der Waals surface area contributed by atoms with Crippen LogP contribution in [0.5, 0.6) is 0 Å².